The second-order valence-electron chi connectivity index (χ2n) is 4.31. The highest BCUT2D eigenvalue weighted by Crippen LogP contribution is 2.24. The molecular formula is C12H21N3OS. The lowest BCUT2D eigenvalue weighted by Crippen LogP contribution is -2.41. The van der Waals surface area contributed by atoms with Gasteiger partial charge in [0.15, 0.2) is 0 Å². The highest BCUT2D eigenvalue weighted by molar-refractivity contribution is 7.11. The fourth-order valence-electron chi connectivity index (χ4n) is 1.78. The van der Waals surface area contributed by atoms with Crippen LogP contribution in [0.15, 0.2) is 0 Å². The number of rotatable bonds is 5. The van der Waals surface area contributed by atoms with Crippen molar-refractivity contribution in [3.63, 3.8) is 0 Å². The van der Waals surface area contributed by atoms with Gasteiger partial charge in [0.05, 0.1) is 22.8 Å². The molecule has 1 aromatic heterocycles. The first-order valence-electron chi connectivity index (χ1n) is 5.95. The van der Waals surface area contributed by atoms with Gasteiger partial charge in [0.2, 0.25) is 5.91 Å². The minimum Gasteiger partial charge on any atom is -0.347 e. The van der Waals surface area contributed by atoms with E-state index in [2.05, 4.69) is 10.3 Å². The lowest BCUT2D eigenvalue weighted by molar-refractivity contribution is -0.123. The molecule has 0 radical (unpaired) electrons. The van der Waals surface area contributed by atoms with Crippen LogP contribution >= 0.6 is 11.3 Å². The number of nitrogens with one attached hydrogen (secondary N) is 1. The van der Waals surface area contributed by atoms with Crippen LogP contribution in [0.3, 0.4) is 0 Å². The van der Waals surface area contributed by atoms with Crippen LogP contribution in [0.5, 0.6) is 0 Å². The van der Waals surface area contributed by atoms with Crippen LogP contribution < -0.4 is 11.1 Å². The van der Waals surface area contributed by atoms with E-state index in [-0.39, 0.29) is 11.9 Å². The largest absolute Gasteiger partial charge is 0.347 e. The van der Waals surface area contributed by atoms with Crippen molar-refractivity contribution < 1.29 is 4.79 Å². The minimum atomic E-state index is -0.406. The molecule has 1 amide bonds. The first-order valence-corrected chi connectivity index (χ1v) is 6.77. The first-order chi connectivity index (χ1) is 7.95. The average molecular weight is 255 g/mol. The Morgan fingerprint density at radius 2 is 2.18 bits per heavy atom. The third-order valence-electron chi connectivity index (χ3n) is 2.63. The van der Waals surface area contributed by atoms with Crippen LogP contribution in [-0.2, 0) is 4.79 Å². The Labute approximate surface area is 107 Å². The standard InChI is InChI=1S/C12H21N3OS/c1-5-6-10(13)12(16)15-8(3)11-7(2)14-9(4)17-11/h8,10H,5-6,13H2,1-4H3,(H,15,16)/t8?,10-/m1/s1. The molecule has 1 heterocycles. The molecule has 96 valence electrons. The summed E-state index contributed by atoms with van der Waals surface area (Å²) in [4.78, 5) is 17.3. The summed E-state index contributed by atoms with van der Waals surface area (Å²) in [7, 11) is 0. The van der Waals surface area contributed by atoms with Gasteiger partial charge >= 0.3 is 0 Å². The molecule has 1 rings (SSSR count). The molecule has 2 atom stereocenters. The normalized spacial score (nSPS) is 14.4. The van der Waals surface area contributed by atoms with E-state index in [1.165, 1.54) is 0 Å². The smallest absolute Gasteiger partial charge is 0.237 e. The van der Waals surface area contributed by atoms with E-state index in [1.807, 2.05) is 27.7 Å². The van der Waals surface area contributed by atoms with Gasteiger partial charge in [-0.15, -0.1) is 11.3 Å². The Hall–Kier alpha value is -0.940. The molecule has 0 fully saturated rings. The Bertz CT molecular complexity index is 389. The fourth-order valence-corrected chi connectivity index (χ4v) is 2.71. The van der Waals surface area contributed by atoms with Gasteiger partial charge in [0, 0.05) is 4.88 Å². The van der Waals surface area contributed by atoms with Crippen molar-refractivity contribution in [1.29, 1.82) is 0 Å². The monoisotopic (exact) mass is 255 g/mol. The van der Waals surface area contributed by atoms with E-state index in [9.17, 15) is 4.79 Å². The number of aryl methyl sites for hydroxylation is 2. The van der Waals surface area contributed by atoms with Gasteiger partial charge in [-0.1, -0.05) is 13.3 Å². The molecule has 3 N–H and O–H groups in total. The molecule has 0 saturated carbocycles. The predicted octanol–water partition coefficient (Wildman–Crippen LogP) is 2.06. The zero-order chi connectivity index (χ0) is 13.0. The molecule has 0 bridgehead atoms. The molecule has 0 aliphatic rings. The molecule has 17 heavy (non-hydrogen) atoms. The van der Waals surface area contributed by atoms with E-state index >= 15 is 0 Å². The minimum absolute atomic E-state index is 0.0170. The number of aromatic nitrogens is 1. The van der Waals surface area contributed by atoms with Crippen molar-refractivity contribution in [3.8, 4) is 0 Å². The zero-order valence-electron chi connectivity index (χ0n) is 10.9. The molecule has 0 aromatic carbocycles. The van der Waals surface area contributed by atoms with E-state index in [0.29, 0.717) is 0 Å². The number of amides is 1. The Kier molecular flexibility index (Phi) is 5.08. The van der Waals surface area contributed by atoms with Gasteiger partial charge in [-0.2, -0.15) is 0 Å². The molecule has 1 aromatic rings. The Morgan fingerprint density at radius 1 is 1.53 bits per heavy atom. The van der Waals surface area contributed by atoms with Crippen LogP contribution in [0.2, 0.25) is 0 Å². The summed E-state index contributed by atoms with van der Waals surface area (Å²) in [5.74, 6) is -0.0789. The van der Waals surface area contributed by atoms with Crippen LogP contribution in [0.25, 0.3) is 0 Å². The maximum atomic E-state index is 11.8. The number of thiazole rings is 1. The zero-order valence-corrected chi connectivity index (χ0v) is 11.7. The summed E-state index contributed by atoms with van der Waals surface area (Å²) >= 11 is 1.62. The average Bonchev–Trinajstić information content (AvgIpc) is 2.58. The number of carbonyl (C=O) groups excluding carboxylic acids is 1. The maximum Gasteiger partial charge on any atom is 0.237 e. The molecule has 1 unspecified atom stereocenters. The first kappa shape index (κ1) is 14.1. The SMILES string of the molecule is CCC[C@@H](N)C(=O)NC(C)c1sc(C)nc1C. The van der Waals surface area contributed by atoms with Crippen molar-refractivity contribution in [2.24, 2.45) is 5.73 Å². The van der Waals surface area contributed by atoms with Crippen molar-refractivity contribution >= 4 is 17.2 Å². The van der Waals surface area contributed by atoms with Gasteiger partial charge in [-0.25, -0.2) is 4.98 Å². The van der Waals surface area contributed by atoms with E-state index in [1.54, 1.807) is 11.3 Å². The summed E-state index contributed by atoms with van der Waals surface area (Å²) in [6.07, 6.45) is 1.64. The molecular weight excluding hydrogens is 234 g/mol. The van der Waals surface area contributed by atoms with Crippen LogP contribution in [0.4, 0.5) is 0 Å². The van der Waals surface area contributed by atoms with Gasteiger partial charge in [-0.3, -0.25) is 4.79 Å². The second-order valence-corrected chi connectivity index (χ2v) is 5.54. The number of nitrogens with zero attached hydrogens (tertiary/aromatic N) is 1. The number of hydrogen-bond donors (Lipinski definition) is 2. The van der Waals surface area contributed by atoms with Crippen molar-refractivity contribution in [2.45, 2.75) is 52.6 Å². The van der Waals surface area contributed by atoms with E-state index < -0.39 is 6.04 Å². The van der Waals surface area contributed by atoms with Crippen molar-refractivity contribution in [2.75, 3.05) is 0 Å². The van der Waals surface area contributed by atoms with Crippen LogP contribution in [0.1, 0.15) is 48.3 Å². The summed E-state index contributed by atoms with van der Waals surface area (Å²) < 4.78 is 0. The lowest BCUT2D eigenvalue weighted by atomic mass is 10.1. The van der Waals surface area contributed by atoms with Crippen LogP contribution in [-0.4, -0.2) is 16.9 Å². The quantitative estimate of drug-likeness (QED) is 0.846. The molecule has 0 aliphatic heterocycles. The third-order valence-corrected chi connectivity index (χ3v) is 3.88. The van der Waals surface area contributed by atoms with Crippen molar-refractivity contribution in [3.05, 3.63) is 15.6 Å². The lowest BCUT2D eigenvalue weighted by Gasteiger charge is -2.16. The summed E-state index contributed by atoms with van der Waals surface area (Å²) in [6.45, 7) is 7.93. The molecule has 4 nitrogen and oxygen atoms in total. The Morgan fingerprint density at radius 3 is 2.65 bits per heavy atom. The van der Waals surface area contributed by atoms with E-state index in [4.69, 9.17) is 5.73 Å². The number of carbonyl (C=O) groups is 1. The molecule has 5 heteroatoms. The van der Waals surface area contributed by atoms with Crippen molar-refractivity contribution in [1.82, 2.24) is 10.3 Å². The van der Waals surface area contributed by atoms with Gasteiger partial charge < -0.3 is 11.1 Å². The maximum absolute atomic E-state index is 11.8. The molecule has 0 aliphatic carbocycles. The predicted molar refractivity (Wildman–Crippen MR) is 71.0 cm³/mol. The fraction of sp³-hybridized carbons (Fsp3) is 0.667. The van der Waals surface area contributed by atoms with Gasteiger partial charge in [-0.05, 0) is 27.2 Å². The van der Waals surface area contributed by atoms with Crippen LogP contribution in [0, 0.1) is 13.8 Å². The highest BCUT2D eigenvalue weighted by atomic mass is 32.1. The van der Waals surface area contributed by atoms with Gasteiger partial charge in [0.25, 0.3) is 0 Å². The topological polar surface area (TPSA) is 68.0 Å². The number of nitrogens with two attached hydrogens (primary N) is 1. The third kappa shape index (κ3) is 3.78. The number of hydrogen-bond acceptors (Lipinski definition) is 4. The summed E-state index contributed by atoms with van der Waals surface area (Å²) in [5.41, 5.74) is 6.76. The highest BCUT2D eigenvalue weighted by Gasteiger charge is 2.18. The van der Waals surface area contributed by atoms with Gasteiger partial charge in [0.1, 0.15) is 0 Å². The molecule has 0 saturated heterocycles. The second kappa shape index (κ2) is 6.12. The summed E-state index contributed by atoms with van der Waals surface area (Å²) in [5, 5.41) is 3.97. The summed E-state index contributed by atoms with van der Waals surface area (Å²) in [6, 6.07) is -0.423. The Balaban J connectivity index is 2.63. The van der Waals surface area contributed by atoms with E-state index in [0.717, 1.165) is 28.4 Å². The molecule has 0 spiro atoms.